The highest BCUT2D eigenvalue weighted by atomic mass is 35.5. The molecule has 26 heavy (non-hydrogen) atoms. The SMILES string of the molecule is Cc1nn(Cc2ccccc2Cl)c(C)c1CN(C)C(=O)C1=COCCO1. The molecule has 0 saturated heterocycles. The largest absolute Gasteiger partial charge is 0.494 e. The van der Waals surface area contributed by atoms with Crippen molar-refractivity contribution in [3.05, 3.63) is 63.8 Å². The predicted molar refractivity (Wildman–Crippen MR) is 98.7 cm³/mol. The number of aromatic nitrogens is 2. The standard InChI is InChI=1S/C19H22ClN3O3/c1-13-16(11-22(3)19(24)18-12-25-8-9-26-18)14(2)23(21-13)10-15-6-4-5-7-17(15)20/h4-7,12H,8-11H2,1-3H3. The Hall–Kier alpha value is -2.47. The number of benzene rings is 1. The average molecular weight is 376 g/mol. The fourth-order valence-corrected chi connectivity index (χ4v) is 3.08. The van der Waals surface area contributed by atoms with Crippen molar-refractivity contribution in [3.63, 3.8) is 0 Å². The Morgan fingerprint density at radius 1 is 1.31 bits per heavy atom. The van der Waals surface area contributed by atoms with Gasteiger partial charge in [0.1, 0.15) is 19.5 Å². The van der Waals surface area contributed by atoms with Gasteiger partial charge in [-0.1, -0.05) is 29.8 Å². The second kappa shape index (κ2) is 7.83. The first-order valence-electron chi connectivity index (χ1n) is 8.43. The van der Waals surface area contributed by atoms with Crippen molar-refractivity contribution < 1.29 is 14.3 Å². The molecule has 7 heteroatoms. The summed E-state index contributed by atoms with van der Waals surface area (Å²) in [5.74, 6) is 0.0277. The number of likely N-dealkylation sites (N-methyl/N-ethyl adjacent to an activating group) is 1. The van der Waals surface area contributed by atoms with Gasteiger partial charge in [-0.2, -0.15) is 5.10 Å². The van der Waals surface area contributed by atoms with E-state index in [0.717, 1.165) is 27.5 Å². The summed E-state index contributed by atoms with van der Waals surface area (Å²) in [7, 11) is 1.74. The second-order valence-corrected chi connectivity index (χ2v) is 6.67. The maximum atomic E-state index is 12.5. The molecule has 138 valence electrons. The maximum absolute atomic E-state index is 12.5. The molecule has 0 aliphatic carbocycles. The monoisotopic (exact) mass is 375 g/mol. The van der Waals surface area contributed by atoms with Crippen molar-refractivity contribution >= 4 is 17.5 Å². The van der Waals surface area contributed by atoms with Crippen LogP contribution in [0.4, 0.5) is 0 Å². The molecule has 0 saturated carbocycles. The summed E-state index contributed by atoms with van der Waals surface area (Å²) in [5.41, 5.74) is 3.93. The number of ether oxygens (including phenoxy) is 2. The van der Waals surface area contributed by atoms with Crippen molar-refractivity contribution in [2.75, 3.05) is 20.3 Å². The Morgan fingerprint density at radius 2 is 2.08 bits per heavy atom. The van der Waals surface area contributed by atoms with Gasteiger partial charge in [0.25, 0.3) is 5.91 Å². The van der Waals surface area contributed by atoms with Crippen LogP contribution in [-0.2, 0) is 27.4 Å². The van der Waals surface area contributed by atoms with Crippen LogP contribution in [0.3, 0.4) is 0 Å². The highest BCUT2D eigenvalue weighted by Gasteiger charge is 2.22. The van der Waals surface area contributed by atoms with Crippen LogP contribution in [0.2, 0.25) is 5.02 Å². The van der Waals surface area contributed by atoms with Crippen molar-refractivity contribution in [3.8, 4) is 0 Å². The van der Waals surface area contributed by atoms with Crippen LogP contribution < -0.4 is 0 Å². The van der Waals surface area contributed by atoms with Gasteiger partial charge < -0.3 is 14.4 Å². The Bertz CT molecular complexity index is 845. The van der Waals surface area contributed by atoms with Crippen molar-refractivity contribution in [2.45, 2.75) is 26.9 Å². The Kier molecular flexibility index (Phi) is 5.52. The molecule has 0 bridgehead atoms. The molecular formula is C19H22ClN3O3. The van der Waals surface area contributed by atoms with E-state index >= 15 is 0 Å². The highest BCUT2D eigenvalue weighted by molar-refractivity contribution is 6.31. The molecule has 1 aromatic heterocycles. The fourth-order valence-electron chi connectivity index (χ4n) is 2.88. The summed E-state index contributed by atoms with van der Waals surface area (Å²) in [6.07, 6.45) is 1.38. The quantitative estimate of drug-likeness (QED) is 0.806. The molecule has 1 aromatic carbocycles. The van der Waals surface area contributed by atoms with Crippen LogP contribution >= 0.6 is 11.6 Å². The van der Waals surface area contributed by atoms with Gasteiger partial charge in [-0.05, 0) is 25.5 Å². The summed E-state index contributed by atoms with van der Waals surface area (Å²) >= 11 is 6.26. The topological polar surface area (TPSA) is 56.6 Å². The van der Waals surface area contributed by atoms with E-state index < -0.39 is 0 Å². The number of hydrogen-bond acceptors (Lipinski definition) is 4. The molecular weight excluding hydrogens is 354 g/mol. The summed E-state index contributed by atoms with van der Waals surface area (Å²) in [6, 6.07) is 7.72. The molecule has 0 radical (unpaired) electrons. The number of rotatable bonds is 5. The number of carbonyl (C=O) groups excluding carboxylic acids is 1. The van der Waals surface area contributed by atoms with Gasteiger partial charge in [0.2, 0.25) is 5.76 Å². The lowest BCUT2D eigenvalue weighted by atomic mass is 10.1. The first-order chi connectivity index (χ1) is 12.5. The molecule has 0 N–H and O–H groups in total. The Labute approximate surface area is 158 Å². The molecule has 2 heterocycles. The Balaban J connectivity index is 1.76. The minimum Gasteiger partial charge on any atom is -0.494 e. The summed E-state index contributed by atoms with van der Waals surface area (Å²) in [5, 5.41) is 5.34. The fraction of sp³-hybridized carbons (Fsp3) is 0.368. The van der Waals surface area contributed by atoms with Crippen LogP contribution in [0.1, 0.15) is 22.5 Å². The van der Waals surface area contributed by atoms with Crippen LogP contribution in [0.5, 0.6) is 0 Å². The lowest BCUT2D eigenvalue weighted by Gasteiger charge is -2.21. The van der Waals surface area contributed by atoms with Crippen LogP contribution in [0.15, 0.2) is 36.3 Å². The first-order valence-corrected chi connectivity index (χ1v) is 8.81. The van der Waals surface area contributed by atoms with Crippen molar-refractivity contribution in [1.29, 1.82) is 0 Å². The van der Waals surface area contributed by atoms with Crippen LogP contribution in [-0.4, -0.2) is 40.8 Å². The van der Waals surface area contributed by atoms with E-state index in [0.29, 0.717) is 26.3 Å². The van der Waals surface area contributed by atoms with E-state index in [4.69, 9.17) is 21.1 Å². The number of nitrogens with zero attached hydrogens (tertiary/aromatic N) is 3. The van der Waals surface area contributed by atoms with E-state index in [1.807, 2.05) is 42.8 Å². The van der Waals surface area contributed by atoms with Crippen LogP contribution in [0, 0.1) is 13.8 Å². The second-order valence-electron chi connectivity index (χ2n) is 6.26. The molecule has 1 aliphatic rings. The van der Waals surface area contributed by atoms with E-state index in [-0.39, 0.29) is 11.7 Å². The van der Waals surface area contributed by atoms with Gasteiger partial charge >= 0.3 is 0 Å². The molecule has 0 spiro atoms. The smallest absolute Gasteiger partial charge is 0.292 e. The molecule has 1 amide bonds. The third kappa shape index (κ3) is 3.85. The molecule has 0 fully saturated rings. The summed E-state index contributed by atoms with van der Waals surface area (Å²) in [4.78, 5) is 14.1. The number of aryl methyl sites for hydroxylation is 1. The van der Waals surface area contributed by atoms with Gasteiger partial charge in [-0.3, -0.25) is 9.48 Å². The number of carbonyl (C=O) groups is 1. The first kappa shape index (κ1) is 18.3. The van der Waals surface area contributed by atoms with Gasteiger partial charge in [0.05, 0.1) is 12.2 Å². The Morgan fingerprint density at radius 3 is 2.77 bits per heavy atom. The van der Waals surface area contributed by atoms with Crippen molar-refractivity contribution in [1.82, 2.24) is 14.7 Å². The number of amides is 1. The van der Waals surface area contributed by atoms with Gasteiger partial charge in [0.15, 0.2) is 0 Å². The van der Waals surface area contributed by atoms with E-state index in [1.165, 1.54) is 6.26 Å². The predicted octanol–water partition coefficient (Wildman–Crippen LogP) is 3.05. The van der Waals surface area contributed by atoms with Gasteiger partial charge in [0, 0.05) is 29.9 Å². The third-order valence-corrected chi connectivity index (χ3v) is 4.78. The molecule has 0 unspecified atom stereocenters. The highest BCUT2D eigenvalue weighted by Crippen LogP contribution is 2.21. The zero-order chi connectivity index (χ0) is 18.7. The number of halogens is 1. The number of hydrogen-bond donors (Lipinski definition) is 0. The minimum absolute atomic E-state index is 0.206. The lowest BCUT2D eigenvalue weighted by Crippen LogP contribution is -2.30. The molecule has 2 aromatic rings. The molecule has 1 aliphatic heterocycles. The zero-order valence-corrected chi connectivity index (χ0v) is 15.9. The van der Waals surface area contributed by atoms with Gasteiger partial charge in [-0.25, -0.2) is 0 Å². The lowest BCUT2D eigenvalue weighted by molar-refractivity contribution is -0.131. The van der Waals surface area contributed by atoms with Crippen molar-refractivity contribution in [2.24, 2.45) is 0 Å². The van der Waals surface area contributed by atoms with E-state index in [9.17, 15) is 4.79 Å². The maximum Gasteiger partial charge on any atom is 0.292 e. The minimum atomic E-state index is -0.206. The summed E-state index contributed by atoms with van der Waals surface area (Å²) in [6.45, 7) is 5.84. The summed E-state index contributed by atoms with van der Waals surface area (Å²) < 4.78 is 12.5. The van der Waals surface area contributed by atoms with Gasteiger partial charge in [-0.15, -0.1) is 0 Å². The van der Waals surface area contributed by atoms with E-state index in [1.54, 1.807) is 11.9 Å². The molecule has 3 rings (SSSR count). The molecule has 0 atom stereocenters. The average Bonchev–Trinajstić information content (AvgIpc) is 2.91. The zero-order valence-electron chi connectivity index (χ0n) is 15.2. The van der Waals surface area contributed by atoms with E-state index in [2.05, 4.69) is 5.10 Å². The van der Waals surface area contributed by atoms with Crippen LogP contribution in [0.25, 0.3) is 0 Å². The third-order valence-electron chi connectivity index (χ3n) is 4.41. The molecule has 6 nitrogen and oxygen atoms in total. The normalized spacial score (nSPS) is 13.6.